The van der Waals surface area contributed by atoms with Gasteiger partial charge in [0.15, 0.2) is 6.10 Å². The summed E-state index contributed by atoms with van der Waals surface area (Å²) in [6, 6.07) is 0. The summed E-state index contributed by atoms with van der Waals surface area (Å²) in [4.78, 5) is 54.2. The summed E-state index contributed by atoms with van der Waals surface area (Å²) < 4.78 is 49.1. The van der Waals surface area contributed by atoms with Crippen molar-refractivity contribution < 1.29 is 82.0 Å². The van der Waals surface area contributed by atoms with Crippen molar-refractivity contribution in [1.29, 1.82) is 0 Å². The first-order chi connectivity index (χ1) is 31.5. The molecule has 8 N–H and O–H groups in total. The molecule has 1 aliphatic carbocycles. The fourth-order valence-corrected chi connectivity index (χ4v) is 7.71. The number of ether oxygens (including phenoxy) is 2. The predicted molar refractivity (Wildman–Crippen MR) is 251 cm³/mol. The molecule has 0 aromatic heterocycles. The highest BCUT2D eigenvalue weighted by atomic mass is 31.2. The van der Waals surface area contributed by atoms with Gasteiger partial charge in [0, 0.05) is 12.8 Å². The van der Waals surface area contributed by atoms with Gasteiger partial charge in [0.05, 0.1) is 12.7 Å². The van der Waals surface area contributed by atoms with Gasteiger partial charge in [0.1, 0.15) is 43.2 Å². The third-order valence-electron chi connectivity index (χ3n) is 9.72. The fraction of sp³-hybridized carbons (Fsp3) is 0.617. The zero-order chi connectivity index (χ0) is 49.1. The number of hydrogen-bond acceptors (Lipinski definition) is 14. The highest BCUT2D eigenvalue weighted by molar-refractivity contribution is 7.47. The fourth-order valence-electron chi connectivity index (χ4n) is 6.17. The largest absolute Gasteiger partial charge is 0.472 e. The first-order valence-corrected chi connectivity index (χ1v) is 25.9. The molecule has 0 heterocycles. The van der Waals surface area contributed by atoms with Gasteiger partial charge in [-0.1, -0.05) is 137 Å². The summed E-state index contributed by atoms with van der Waals surface area (Å²) in [5.41, 5.74) is 0. The molecule has 66 heavy (non-hydrogen) atoms. The Labute approximate surface area is 390 Å². The van der Waals surface area contributed by atoms with Crippen molar-refractivity contribution in [3.63, 3.8) is 0 Å². The van der Waals surface area contributed by atoms with E-state index in [4.69, 9.17) is 28.3 Å². The molecule has 0 amide bonds. The minimum absolute atomic E-state index is 0.0152. The number of phosphoric ester groups is 2. The lowest BCUT2D eigenvalue weighted by Gasteiger charge is -2.43. The van der Waals surface area contributed by atoms with Crippen molar-refractivity contribution in [1.82, 2.24) is 0 Å². The number of aliphatic hydroxyl groups is 5. The molecule has 1 saturated carbocycles. The highest BCUT2D eigenvalue weighted by Gasteiger charge is 2.54. The molecular weight excluding hydrogens is 898 g/mol. The Morgan fingerprint density at radius 2 is 1.14 bits per heavy atom. The summed E-state index contributed by atoms with van der Waals surface area (Å²) >= 11 is 0. The van der Waals surface area contributed by atoms with Gasteiger partial charge in [-0.25, -0.2) is 9.13 Å². The molecule has 0 aromatic rings. The quantitative estimate of drug-likeness (QED) is 0.0100. The molecule has 17 nitrogen and oxygen atoms in total. The normalized spacial score (nSPS) is 22.9. The molecule has 0 spiro atoms. The minimum atomic E-state index is -5.39. The van der Waals surface area contributed by atoms with E-state index < -0.39 is 89.6 Å². The maximum atomic E-state index is 13.0. The van der Waals surface area contributed by atoms with E-state index >= 15 is 0 Å². The summed E-state index contributed by atoms with van der Waals surface area (Å²) in [5.74, 6) is -1.42. The maximum Gasteiger partial charge on any atom is 0.472 e. The Hall–Kier alpha value is -3.12. The van der Waals surface area contributed by atoms with Gasteiger partial charge in [0.2, 0.25) is 0 Å². The molecule has 1 aliphatic rings. The van der Waals surface area contributed by atoms with Gasteiger partial charge in [-0.05, 0) is 70.6 Å². The average Bonchev–Trinajstić information content (AvgIpc) is 3.27. The van der Waals surface area contributed by atoms with Crippen molar-refractivity contribution in [2.45, 2.75) is 172 Å². The number of esters is 2. The van der Waals surface area contributed by atoms with Crippen molar-refractivity contribution >= 4 is 27.6 Å². The van der Waals surface area contributed by atoms with E-state index in [0.717, 1.165) is 77.0 Å². The van der Waals surface area contributed by atoms with Crippen molar-refractivity contribution in [2.75, 3.05) is 13.2 Å². The molecule has 376 valence electrons. The van der Waals surface area contributed by atoms with Crippen LogP contribution in [0.25, 0.3) is 0 Å². The standard InChI is InChI=1S/C47H76O17P2/c1-3-5-7-9-11-13-15-17-19-21-23-25-28-32-38(48)33-29-27-31-34-40(49)60-36-39(62-41(50)35-30-26-24-22-20-18-16-14-12-10-8-6-4-2)37-61-66(58,59)64-47-44(53)42(51)43(52)46(45(47)54)63-65(55,56)57/h5,7-8,10-11,13-14,16-17,19,23,25,27-29,32,38-39,42-48,51-54H,3-4,6,9,12,15,18,20-22,24,26,30-31,33-37H2,1-2H3,(H,58,59)(H2,55,56,57)/b7-5-,10-8-,13-11-,16-14-,19-17-,25-23-,29-27-,32-28-/t38?,39-,42?,43?,44?,45?,46-,47+/m1/s1. The zero-order valence-electron chi connectivity index (χ0n) is 38.4. The Balaban J connectivity index is 2.71. The van der Waals surface area contributed by atoms with E-state index in [0.29, 0.717) is 12.8 Å². The summed E-state index contributed by atoms with van der Waals surface area (Å²) in [6.45, 7) is 2.74. The maximum absolute atomic E-state index is 13.0. The molecule has 19 heteroatoms. The third kappa shape index (κ3) is 31.0. The molecule has 0 aliphatic heterocycles. The van der Waals surface area contributed by atoms with Crippen molar-refractivity contribution in [2.24, 2.45) is 0 Å². The number of carbonyl (C=O) groups excluding carboxylic acids is 2. The number of carbonyl (C=O) groups is 2. The SMILES string of the molecule is CC/C=C\C/C=C\C/C=C\C/C=C\C=C/C(O)C/C=C\CCC(=O)OC[C@H](COP(=O)(O)O[C@H]1C(O)C(O)C(O)[C@@H](OP(=O)(O)O)C1O)OC(=O)CCCCCCC/C=C\C/C=C\CCC. The lowest BCUT2D eigenvalue weighted by atomic mass is 9.85. The van der Waals surface area contributed by atoms with E-state index in [1.807, 2.05) is 12.2 Å². The van der Waals surface area contributed by atoms with E-state index in [1.165, 1.54) is 0 Å². The molecule has 0 radical (unpaired) electrons. The number of unbranched alkanes of at least 4 members (excludes halogenated alkanes) is 6. The second-order valence-electron chi connectivity index (χ2n) is 15.6. The van der Waals surface area contributed by atoms with E-state index in [9.17, 15) is 49.1 Å². The van der Waals surface area contributed by atoms with Crippen LogP contribution in [0, 0.1) is 0 Å². The second kappa shape index (κ2) is 36.9. The van der Waals surface area contributed by atoms with Crippen LogP contribution >= 0.6 is 15.6 Å². The average molecular weight is 975 g/mol. The van der Waals surface area contributed by atoms with Gasteiger partial charge in [0.25, 0.3) is 0 Å². The molecule has 0 aromatic carbocycles. The topological polar surface area (TPSA) is 276 Å². The van der Waals surface area contributed by atoms with Gasteiger partial charge >= 0.3 is 27.6 Å². The third-order valence-corrected chi connectivity index (χ3v) is 11.2. The molecule has 0 bridgehead atoms. The first-order valence-electron chi connectivity index (χ1n) is 22.9. The Morgan fingerprint density at radius 3 is 1.77 bits per heavy atom. The van der Waals surface area contributed by atoms with Gasteiger partial charge in [-0.2, -0.15) is 0 Å². The predicted octanol–water partition coefficient (Wildman–Crippen LogP) is 7.36. The summed E-state index contributed by atoms with van der Waals surface area (Å²) in [6.07, 6.45) is 28.3. The highest BCUT2D eigenvalue weighted by Crippen LogP contribution is 2.49. The van der Waals surface area contributed by atoms with Crippen LogP contribution in [0.5, 0.6) is 0 Å². The smallest absolute Gasteiger partial charge is 0.462 e. The number of phosphoric acid groups is 2. The number of allylic oxidation sites excluding steroid dienone is 14. The minimum Gasteiger partial charge on any atom is -0.462 e. The number of rotatable bonds is 36. The van der Waals surface area contributed by atoms with Crippen molar-refractivity contribution in [3.8, 4) is 0 Å². The van der Waals surface area contributed by atoms with Crippen LogP contribution in [0.3, 0.4) is 0 Å². The molecule has 0 saturated heterocycles. The summed E-state index contributed by atoms with van der Waals surface area (Å²) in [5, 5.41) is 51.4. The van der Waals surface area contributed by atoms with Crippen molar-refractivity contribution in [3.05, 3.63) is 97.2 Å². The Kier molecular flexibility index (Phi) is 34.0. The Bertz CT molecular complexity index is 1670. The van der Waals surface area contributed by atoms with Crippen LogP contribution in [-0.4, -0.2) is 114 Å². The van der Waals surface area contributed by atoms with Crippen LogP contribution < -0.4 is 0 Å². The lowest BCUT2D eigenvalue weighted by Crippen LogP contribution is -2.64. The van der Waals surface area contributed by atoms with Crippen LogP contribution in [0.1, 0.15) is 123 Å². The molecule has 1 rings (SSSR count). The number of hydrogen-bond donors (Lipinski definition) is 8. The summed E-state index contributed by atoms with van der Waals surface area (Å²) in [7, 11) is -10.7. The lowest BCUT2D eigenvalue weighted by molar-refractivity contribution is -0.216. The monoisotopic (exact) mass is 974 g/mol. The van der Waals surface area contributed by atoms with Crippen LogP contribution in [0.4, 0.5) is 0 Å². The van der Waals surface area contributed by atoms with Crippen LogP contribution in [-0.2, 0) is 41.8 Å². The van der Waals surface area contributed by atoms with Gasteiger partial charge < -0.3 is 49.7 Å². The molecular formula is C47H76O17P2. The molecule has 6 unspecified atom stereocenters. The van der Waals surface area contributed by atoms with E-state index in [-0.39, 0.29) is 19.3 Å². The number of aliphatic hydroxyl groups excluding tert-OH is 5. The van der Waals surface area contributed by atoms with Crippen LogP contribution in [0.15, 0.2) is 97.2 Å². The molecule has 9 atom stereocenters. The van der Waals surface area contributed by atoms with E-state index in [2.05, 4.69) is 79.1 Å². The second-order valence-corrected chi connectivity index (χ2v) is 18.2. The first kappa shape index (κ1) is 60.9. The van der Waals surface area contributed by atoms with Crippen LogP contribution in [0.2, 0.25) is 0 Å². The Morgan fingerprint density at radius 1 is 0.576 bits per heavy atom. The van der Waals surface area contributed by atoms with Gasteiger partial charge in [-0.15, -0.1) is 0 Å². The molecule has 1 fully saturated rings. The zero-order valence-corrected chi connectivity index (χ0v) is 40.2. The van der Waals surface area contributed by atoms with Gasteiger partial charge in [-0.3, -0.25) is 23.2 Å². The van der Waals surface area contributed by atoms with E-state index in [1.54, 1.807) is 24.3 Å².